The summed E-state index contributed by atoms with van der Waals surface area (Å²) in [5.41, 5.74) is 1.57. The molecule has 1 fully saturated rings. The Labute approximate surface area is 252 Å². The number of hydrogen-bond acceptors (Lipinski definition) is 7. The molecular formula is C32H36N4O6S. The van der Waals surface area contributed by atoms with Gasteiger partial charge in [0, 0.05) is 45.0 Å². The van der Waals surface area contributed by atoms with Gasteiger partial charge in [-0.15, -0.1) is 0 Å². The minimum atomic E-state index is -3.61. The van der Waals surface area contributed by atoms with E-state index in [1.165, 1.54) is 4.31 Å². The average Bonchev–Trinajstić information content (AvgIpc) is 3.02. The number of piperazine rings is 1. The summed E-state index contributed by atoms with van der Waals surface area (Å²) in [7, 11) is -3.61. The first-order valence-electron chi connectivity index (χ1n) is 14.4. The van der Waals surface area contributed by atoms with E-state index >= 15 is 0 Å². The van der Waals surface area contributed by atoms with Crippen LogP contribution >= 0.6 is 0 Å². The van der Waals surface area contributed by atoms with Crippen LogP contribution in [0.5, 0.6) is 11.5 Å². The Morgan fingerprint density at radius 3 is 2.19 bits per heavy atom. The molecule has 10 nitrogen and oxygen atoms in total. The number of rotatable bonds is 10. The predicted octanol–water partition coefficient (Wildman–Crippen LogP) is 4.39. The number of nitrogens with one attached hydrogen (secondary N) is 1. The standard InChI is InChI=1S/C32H36N4O6S/c1-3-36-28(23-34-18-20-35(21-19-34)43(39,40)27-16-9-6-10-17-27)29(31(37)41-4-2)30(33-32(36)38)24-12-11-15-26(22-24)42-25-13-7-5-8-14-25/h5-17,22,30H,3-4,18-21,23H2,1-2H3,(H,33,38)/t30-/m1/s1. The quantitative estimate of drug-likeness (QED) is 0.342. The number of benzene rings is 3. The molecule has 3 aromatic carbocycles. The van der Waals surface area contributed by atoms with E-state index in [0.29, 0.717) is 61.1 Å². The molecule has 0 unspecified atom stereocenters. The highest BCUT2D eigenvalue weighted by atomic mass is 32.2. The van der Waals surface area contributed by atoms with Gasteiger partial charge in [-0.2, -0.15) is 4.31 Å². The maximum Gasteiger partial charge on any atom is 0.338 e. The monoisotopic (exact) mass is 604 g/mol. The number of ether oxygens (including phenoxy) is 2. The molecule has 11 heteroatoms. The van der Waals surface area contributed by atoms with Crippen LogP contribution in [0.15, 0.2) is 101 Å². The highest BCUT2D eigenvalue weighted by molar-refractivity contribution is 7.89. The van der Waals surface area contributed by atoms with Gasteiger partial charge in [0.25, 0.3) is 0 Å². The topological polar surface area (TPSA) is 108 Å². The first kappa shape index (κ1) is 30.3. The lowest BCUT2D eigenvalue weighted by Gasteiger charge is -2.40. The zero-order valence-corrected chi connectivity index (χ0v) is 25.1. The molecule has 0 spiro atoms. The van der Waals surface area contributed by atoms with Crippen LogP contribution in [0.1, 0.15) is 25.5 Å². The van der Waals surface area contributed by atoms with Gasteiger partial charge < -0.3 is 14.8 Å². The Kier molecular flexibility index (Phi) is 9.44. The van der Waals surface area contributed by atoms with Crippen molar-refractivity contribution in [1.29, 1.82) is 0 Å². The molecule has 2 aliphatic heterocycles. The number of carbonyl (C=O) groups is 2. The second kappa shape index (κ2) is 13.4. The Balaban J connectivity index is 1.43. The molecule has 5 rings (SSSR count). The third kappa shape index (κ3) is 6.74. The minimum absolute atomic E-state index is 0.176. The second-order valence-electron chi connectivity index (χ2n) is 10.2. The lowest BCUT2D eigenvalue weighted by atomic mass is 9.94. The van der Waals surface area contributed by atoms with Gasteiger partial charge in [-0.3, -0.25) is 9.80 Å². The number of sulfonamides is 1. The number of carbonyl (C=O) groups excluding carboxylic acids is 2. The smallest absolute Gasteiger partial charge is 0.338 e. The summed E-state index contributed by atoms with van der Waals surface area (Å²) in [6.07, 6.45) is 0. The van der Waals surface area contributed by atoms with Gasteiger partial charge >= 0.3 is 12.0 Å². The number of amides is 2. The van der Waals surface area contributed by atoms with E-state index in [2.05, 4.69) is 10.2 Å². The van der Waals surface area contributed by atoms with Crippen LogP contribution in [0.3, 0.4) is 0 Å². The van der Waals surface area contributed by atoms with Crippen molar-refractivity contribution in [3.63, 3.8) is 0 Å². The maximum absolute atomic E-state index is 13.5. The van der Waals surface area contributed by atoms with Crippen molar-refractivity contribution in [3.05, 3.63) is 102 Å². The molecule has 1 saturated heterocycles. The van der Waals surface area contributed by atoms with Gasteiger partial charge in [-0.05, 0) is 55.8 Å². The van der Waals surface area contributed by atoms with Gasteiger partial charge in [-0.1, -0.05) is 48.5 Å². The van der Waals surface area contributed by atoms with Gasteiger partial charge in [0.2, 0.25) is 10.0 Å². The van der Waals surface area contributed by atoms with Crippen molar-refractivity contribution in [3.8, 4) is 11.5 Å². The van der Waals surface area contributed by atoms with Gasteiger partial charge in [0.15, 0.2) is 0 Å². The number of likely N-dealkylation sites (N-methyl/N-ethyl adjacent to an activating group) is 1. The zero-order valence-electron chi connectivity index (χ0n) is 24.3. The molecule has 0 saturated carbocycles. The van der Waals surface area contributed by atoms with Crippen molar-refractivity contribution in [2.24, 2.45) is 0 Å². The Morgan fingerprint density at radius 1 is 0.884 bits per heavy atom. The highest BCUT2D eigenvalue weighted by Crippen LogP contribution is 2.34. The van der Waals surface area contributed by atoms with Crippen molar-refractivity contribution >= 4 is 22.0 Å². The third-order valence-electron chi connectivity index (χ3n) is 7.51. The first-order chi connectivity index (χ1) is 20.8. The minimum Gasteiger partial charge on any atom is -0.463 e. The van der Waals surface area contributed by atoms with E-state index in [-0.39, 0.29) is 24.1 Å². The summed E-state index contributed by atoms with van der Waals surface area (Å²) >= 11 is 0. The number of urea groups is 1. The largest absolute Gasteiger partial charge is 0.463 e. The van der Waals surface area contributed by atoms with Crippen molar-refractivity contribution in [2.45, 2.75) is 24.8 Å². The molecule has 0 radical (unpaired) electrons. The van der Waals surface area contributed by atoms with Crippen LogP contribution in [0.25, 0.3) is 0 Å². The molecule has 2 heterocycles. The van der Waals surface area contributed by atoms with Crippen LogP contribution in [0.2, 0.25) is 0 Å². The summed E-state index contributed by atoms with van der Waals surface area (Å²) in [6.45, 7) is 5.86. The van der Waals surface area contributed by atoms with Gasteiger partial charge in [-0.25, -0.2) is 18.0 Å². The molecule has 0 bridgehead atoms. The van der Waals surface area contributed by atoms with E-state index in [9.17, 15) is 18.0 Å². The van der Waals surface area contributed by atoms with Crippen LogP contribution < -0.4 is 10.1 Å². The van der Waals surface area contributed by atoms with Crippen molar-refractivity contribution in [1.82, 2.24) is 19.4 Å². The molecule has 3 aromatic rings. The number of para-hydroxylation sites is 1. The molecule has 1 atom stereocenters. The SMILES string of the molecule is CCOC(=O)C1=C(CN2CCN(S(=O)(=O)c3ccccc3)CC2)N(CC)C(=O)N[C@@H]1c1cccc(Oc2ccccc2)c1. The fourth-order valence-electron chi connectivity index (χ4n) is 5.37. The molecule has 2 amide bonds. The normalized spacial score (nSPS) is 18.3. The second-order valence-corrected chi connectivity index (χ2v) is 12.1. The van der Waals surface area contributed by atoms with E-state index < -0.39 is 22.0 Å². The highest BCUT2D eigenvalue weighted by Gasteiger charge is 2.39. The summed E-state index contributed by atoms with van der Waals surface area (Å²) in [6, 6.07) is 24.0. The predicted molar refractivity (Wildman–Crippen MR) is 162 cm³/mol. The molecular weight excluding hydrogens is 568 g/mol. The van der Waals surface area contributed by atoms with Crippen LogP contribution in [0, 0.1) is 0 Å². The molecule has 43 heavy (non-hydrogen) atoms. The zero-order chi connectivity index (χ0) is 30.4. The Bertz CT molecular complexity index is 1570. The third-order valence-corrected chi connectivity index (χ3v) is 9.42. The summed E-state index contributed by atoms with van der Waals surface area (Å²) in [4.78, 5) is 30.8. The van der Waals surface area contributed by atoms with Gasteiger partial charge in [0.1, 0.15) is 11.5 Å². The molecule has 2 aliphatic rings. The molecule has 0 aliphatic carbocycles. The summed E-state index contributed by atoms with van der Waals surface area (Å²) < 4.78 is 39.3. The average molecular weight is 605 g/mol. The lowest BCUT2D eigenvalue weighted by Crippen LogP contribution is -2.53. The van der Waals surface area contributed by atoms with E-state index in [1.54, 1.807) is 42.2 Å². The van der Waals surface area contributed by atoms with Crippen LogP contribution in [-0.4, -0.2) is 80.4 Å². The fourth-order valence-corrected chi connectivity index (χ4v) is 6.81. The lowest BCUT2D eigenvalue weighted by molar-refractivity contribution is -0.139. The summed E-state index contributed by atoms with van der Waals surface area (Å²) in [5, 5.41) is 2.99. The van der Waals surface area contributed by atoms with Crippen LogP contribution in [0.4, 0.5) is 4.79 Å². The number of esters is 1. The number of hydrogen-bond donors (Lipinski definition) is 1. The molecule has 0 aromatic heterocycles. The van der Waals surface area contributed by atoms with Crippen molar-refractivity contribution in [2.75, 3.05) is 45.9 Å². The van der Waals surface area contributed by atoms with Crippen molar-refractivity contribution < 1.29 is 27.5 Å². The van der Waals surface area contributed by atoms with E-state index in [1.807, 2.05) is 61.5 Å². The molecule has 1 N–H and O–H groups in total. The van der Waals surface area contributed by atoms with Crippen LogP contribution in [-0.2, 0) is 19.6 Å². The maximum atomic E-state index is 13.5. The fraction of sp³-hybridized carbons (Fsp3) is 0.312. The Hall–Kier alpha value is -4.19. The first-order valence-corrected chi connectivity index (χ1v) is 15.8. The number of nitrogens with zero attached hydrogens (tertiary/aromatic N) is 3. The van der Waals surface area contributed by atoms with E-state index in [4.69, 9.17) is 9.47 Å². The molecule has 226 valence electrons. The summed E-state index contributed by atoms with van der Waals surface area (Å²) in [5.74, 6) is 0.719. The van der Waals surface area contributed by atoms with E-state index in [0.717, 1.165) is 0 Å². The Morgan fingerprint density at radius 2 is 1.53 bits per heavy atom. The van der Waals surface area contributed by atoms with Gasteiger partial charge in [0.05, 0.1) is 23.1 Å².